The third-order valence-electron chi connectivity index (χ3n) is 3.96. The minimum absolute atomic E-state index is 0.0700. The normalized spacial score (nSPS) is 14.8. The Bertz CT molecular complexity index is 861. The van der Waals surface area contributed by atoms with Crippen LogP contribution in [0.5, 0.6) is 0 Å². The number of rotatable bonds is 6. The molecule has 2 aromatic carbocycles. The summed E-state index contributed by atoms with van der Waals surface area (Å²) < 4.78 is 41.3. The lowest BCUT2D eigenvalue weighted by atomic mass is 10.2. The zero-order valence-corrected chi connectivity index (χ0v) is 14.2. The molecule has 24 heavy (non-hydrogen) atoms. The van der Waals surface area contributed by atoms with E-state index in [2.05, 4.69) is 0 Å². The van der Waals surface area contributed by atoms with Crippen molar-refractivity contribution >= 4 is 27.9 Å². The molecule has 0 atom stereocenters. The molecule has 0 bridgehead atoms. The van der Waals surface area contributed by atoms with Crippen LogP contribution in [-0.2, 0) is 16.6 Å². The van der Waals surface area contributed by atoms with Crippen molar-refractivity contribution in [2.24, 2.45) is 0 Å². The number of benzene rings is 2. The van der Waals surface area contributed by atoms with Gasteiger partial charge in [-0.15, -0.1) is 0 Å². The molecule has 1 saturated carbocycles. The van der Waals surface area contributed by atoms with Crippen LogP contribution in [0.15, 0.2) is 47.4 Å². The summed E-state index contributed by atoms with van der Waals surface area (Å²) in [6.45, 7) is -0.161. The summed E-state index contributed by atoms with van der Waals surface area (Å²) >= 11 is 6.04. The second-order valence-electron chi connectivity index (χ2n) is 5.64. The van der Waals surface area contributed by atoms with Crippen LogP contribution < -0.4 is 0 Å². The first kappa shape index (κ1) is 17.1. The molecule has 3 rings (SSSR count). The molecular weight excluding hydrogens is 353 g/mol. The van der Waals surface area contributed by atoms with Crippen molar-refractivity contribution in [1.82, 2.24) is 4.31 Å². The van der Waals surface area contributed by atoms with Gasteiger partial charge in [0.2, 0.25) is 10.0 Å². The van der Waals surface area contributed by atoms with E-state index in [0.717, 1.165) is 0 Å². The number of aldehydes is 1. The molecule has 1 fully saturated rings. The van der Waals surface area contributed by atoms with E-state index in [9.17, 15) is 17.6 Å². The van der Waals surface area contributed by atoms with Crippen LogP contribution in [0, 0.1) is 5.82 Å². The highest BCUT2D eigenvalue weighted by molar-refractivity contribution is 7.89. The van der Waals surface area contributed by atoms with Crippen LogP contribution in [0.2, 0.25) is 5.02 Å². The molecule has 0 amide bonds. The summed E-state index contributed by atoms with van der Waals surface area (Å²) in [7, 11) is -3.94. The fourth-order valence-electron chi connectivity index (χ4n) is 2.55. The Morgan fingerprint density at radius 2 is 1.88 bits per heavy atom. The van der Waals surface area contributed by atoms with Crippen molar-refractivity contribution in [3.05, 3.63) is 64.4 Å². The van der Waals surface area contributed by atoms with Gasteiger partial charge in [0, 0.05) is 28.7 Å². The van der Waals surface area contributed by atoms with Gasteiger partial charge in [0.25, 0.3) is 0 Å². The van der Waals surface area contributed by atoms with Crippen molar-refractivity contribution in [1.29, 1.82) is 0 Å². The minimum Gasteiger partial charge on any atom is -0.298 e. The topological polar surface area (TPSA) is 54.5 Å². The second kappa shape index (κ2) is 6.63. The van der Waals surface area contributed by atoms with E-state index in [0.29, 0.717) is 19.1 Å². The van der Waals surface area contributed by atoms with E-state index in [-0.39, 0.29) is 33.6 Å². The maximum absolute atomic E-state index is 14.1. The molecule has 126 valence electrons. The fourth-order valence-corrected chi connectivity index (χ4v) is 4.59. The first-order valence-corrected chi connectivity index (χ1v) is 9.26. The molecule has 0 unspecified atom stereocenters. The fraction of sp³-hybridized carbons (Fsp3) is 0.235. The van der Waals surface area contributed by atoms with Crippen molar-refractivity contribution in [3.63, 3.8) is 0 Å². The summed E-state index contributed by atoms with van der Waals surface area (Å²) in [5.74, 6) is -0.549. The molecule has 0 N–H and O–H groups in total. The maximum Gasteiger partial charge on any atom is 0.244 e. The van der Waals surface area contributed by atoms with E-state index in [1.807, 2.05) is 0 Å². The molecule has 2 aromatic rings. The third kappa shape index (κ3) is 3.22. The van der Waals surface area contributed by atoms with Gasteiger partial charge in [-0.3, -0.25) is 4.79 Å². The highest BCUT2D eigenvalue weighted by Crippen LogP contribution is 2.35. The molecule has 1 aliphatic carbocycles. The van der Waals surface area contributed by atoms with Crippen LogP contribution in [-0.4, -0.2) is 25.1 Å². The number of hydrogen-bond donors (Lipinski definition) is 0. The molecule has 0 radical (unpaired) electrons. The van der Waals surface area contributed by atoms with E-state index in [1.165, 1.54) is 34.6 Å². The van der Waals surface area contributed by atoms with Crippen molar-refractivity contribution in [2.75, 3.05) is 0 Å². The van der Waals surface area contributed by atoms with Crippen LogP contribution in [0.3, 0.4) is 0 Å². The summed E-state index contributed by atoms with van der Waals surface area (Å²) in [4.78, 5) is 11.1. The van der Waals surface area contributed by atoms with Crippen molar-refractivity contribution in [3.8, 4) is 0 Å². The average molecular weight is 368 g/mol. The zero-order chi connectivity index (χ0) is 17.3. The Hall–Kier alpha value is -1.76. The number of halogens is 2. The molecule has 0 aromatic heterocycles. The highest BCUT2D eigenvalue weighted by Gasteiger charge is 2.39. The summed E-state index contributed by atoms with van der Waals surface area (Å²) in [6.07, 6.45) is 1.91. The Morgan fingerprint density at radius 1 is 1.17 bits per heavy atom. The van der Waals surface area contributed by atoms with Gasteiger partial charge in [0.1, 0.15) is 5.82 Å². The Labute approximate surface area is 144 Å². The summed E-state index contributed by atoms with van der Waals surface area (Å²) in [5, 5.41) is 0.180. The smallest absolute Gasteiger partial charge is 0.244 e. The predicted molar refractivity (Wildman–Crippen MR) is 89.0 cm³/mol. The predicted octanol–water partition coefficient (Wildman–Crippen LogP) is 3.64. The van der Waals surface area contributed by atoms with Crippen LogP contribution in [0.1, 0.15) is 28.8 Å². The lowest BCUT2D eigenvalue weighted by Crippen LogP contribution is -2.33. The van der Waals surface area contributed by atoms with Gasteiger partial charge in [-0.25, -0.2) is 12.8 Å². The number of sulfonamides is 1. The van der Waals surface area contributed by atoms with Crippen LogP contribution >= 0.6 is 11.6 Å². The van der Waals surface area contributed by atoms with E-state index < -0.39 is 15.8 Å². The Morgan fingerprint density at radius 3 is 2.50 bits per heavy atom. The number of nitrogens with zero attached hydrogens (tertiary/aromatic N) is 1. The number of carbonyl (C=O) groups is 1. The standard InChI is InChI=1S/C17H15ClFNO3S/c18-15-5-3-6-16(19)14(15)10-20(13-8-9-13)24(22,23)17-7-2-1-4-12(17)11-21/h1-7,11,13H,8-10H2. The molecular formula is C17H15ClFNO3S. The molecule has 4 nitrogen and oxygen atoms in total. The Kier molecular flexibility index (Phi) is 4.71. The SMILES string of the molecule is O=Cc1ccccc1S(=O)(=O)N(Cc1c(F)cccc1Cl)C1CC1. The number of hydrogen-bond acceptors (Lipinski definition) is 3. The largest absolute Gasteiger partial charge is 0.298 e. The first-order valence-electron chi connectivity index (χ1n) is 7.44. The summed E-state index contributed by atoms with van der Waals surface area (Å²) in [6, 6.07) is 10.0. The van der Waals surface area contributed by atoms with Crippen LogP contribution in [0.4, 0.5) is 4.39 Å². The highest BCUT2D eigenvalue weighted by atomic mass is 35.5. The quantitative estimate of drug-likeness (QED) is 0.732. The minimum atomic E-state index is -3.94. The molecule has 0 spiro atoms. The van der Waals surface area contributed by atoms with Crippen molar-refractivity contribution < 1.29 is 17.6 Å². The third-order valence-corrected chi connectivity index (χ3v) is 6.29. The number of carbonyl (C=O) groups excluding carboxylic acids is 1. The second-order valence-corrected chi connectivity index (χ2v) is 7.90. The molecule has 0 aliphatic heterocycles. The van der Waals surface area contributed by atoms with E-state index in [4.69, 9.17) is 11.6 Å². The van der Waals surface area contributed by atoms with Gasteiger partial charge in [-0.2, -0.15) is 4.31 Å². The average Bonchev–Trinajstić information content (AvgIpc) is 3.39. The molecule has 1 aliphatic rings. The zero-order valence-electron chi connectivity index (χ0n) is 12.7. The van der Waals surface area contributed by atoms with E-state index >= 15 is 0 Å². The Balaban J connectivity index is 2.04. The van der Waals surface area contributed by atoms with Gasteiger partial charge in [0.05, 0.1) is 4.90 Å². The lowest BCUT2D eigenvalue weighted by molar-refractivity contribution is 0.112. The summed E-state index contributed by atoms with van der Waals surface area (Å²) in [5.41, 5.74) is 0.223. The molecule has 7 heteroatoms. The van der Waals surface area contributed by atoms with Crippen molar-refractivity contribution in [2.45, 2.75) is 30.3 Å². The molecule has 0 heterocycles. The van der Waals surface area contributed by atoms with E-state index in [1.54, 1.807) is 12.1 Å². The monoisotopic (exact) mass is 367 g/mol. The van der Waals surface area contributed by atoms with Gasteiger partial charge in [-0.05, 0) is 31.0 Å². The molecule has 0 saturated heterocycles. The van der Waals surface area contributed by atoms with Gasteiger partial charge < -0.3 is 0 Å². The maximum atomic E-state index is 14.1. The lowest BCUT2D eigenvalue weighted by Gasteiger charge is -2.23. The van der Waals surface area contributed by atoms with Gasteiger partial charge >= 0.3 is 0 Å². The first-order chi connectivity index (χ1) is 11.4. The van der Waals surface area contributed by atoms with Gasteiger partial charge in [0.15, 0.2) is 6.29 Å². The van der Waals surface area contributed by atoms with Crippen LogP contribution in [0.25, 0.3) is 0 Å². The van der Waals surface area contributed by atoms with Gasteiger partial charge in [-0.1, -0.05) is 35.9 Å².